The van der Waals surface area contributed by atoms with Gasteiger partial charge in [-0.1, -0.05) is 42.5 Å². The average Bonchev–Trinajstić information content (AvgIpc) is 3.42. The first-order valence-electron chi connectivity index (χ1n) is 11.5. The number of carbonyl (C=O) groups is 2. The molecule has 2 N–H and O–H groups in total. The molecule has 0 fully saturated rings. The third kappa shape index (κ3) is 6.65. The van der Waals surface area contributed by atoms with E-state index in [-0.39, 0.29) is 0 Å². The maximum absolute atomic E-state index is 12.2. The zero-order valence-corrected chi connectivity index (χ0v) is 21.3. The van der Waals surface area contributed by atoms with E-state index >= 15 is 0 Å². The lowest BCUT2D eigenvalue weighted by molar-refractivity contribution is -0.135. The summed E-state index contributed by atoms with van der Waals surface area (Å²) in [5.74, 6) is -0.0780. The first-order valence-corrected chi connectivity index (χ1v) is 12.4. The number of methoxy groups -OCH3 is 2. The van der Waals surface area contributed by atoms with E-state index in [4.69, 9.17) is 19.6 Å². The van der Waals surface area contributed by atoms with Crippen LogP contribution >= 0.6 is 11.3 Å². The number of hydrogen-bond acceptors (Lipinski definition) is 7. The number of ether oxygens (including phenoxy) is 2. The van der Waals surface area contributed by atoms with Crippen molar-refractivity contribution in [2.45, 2.75) is 13.1 Å². The lowest BCUT2D eigenvalue weighted by Crippen LogP contribution is -2.29. The molecule has 1 amide bonds. The van der Waals surface area contributed by atoms with E-state index in [1.165, 1.54) is 11.3 Å². The van der Waals surface area contributed by atoms with Crippen LogP contribution in [0.5, 0.6) is 11.5 Å². The molecule has 0 spiro atoms. The fourth-order valence-electron chi connectivity index (χ4n) is 3.78. The number of benzene rings is 3. The van der Waals surface area contributed by atoms with Crippen molar-refractivity contribution < 1.29 is 24.2 Å². The molecule has 190 valence electrons. The number of rotatable bonds is 11. The number of hydrogen-bond donors (Lipinski definition) is 2. The van der Waals surface area contributed by atoms with Crippen LogP contribution in [0.2, 0.25) is 0 Å². The number of nitrogens with zero attached hydrogens (tertiary/aromatic N) is 2. The SMILES string of the molecule is COc1ccc(OC)c(-c2csc(N(Cc3ccccc3)Cc3ccc(C(=O)NCC(=O)O)cc3)n2)c1. The van der Waals surface area contributed by atoms with Gasteiger partial charge in [0.15, 0.2) is 5.13 Å². The molecule has 8 nitrogen and oxygen atoms in total. The molecule has 3 aromatic carbocycles. The summed E-state index contributed by atoms with van der Waals surface area (Å²) in [6, 6.07) is 22.9. The van der Waals surface area contributed by atoms with Crippen LogP contribution in [0.25, 0.3) is 11.3 Å². The predicted molar refractivity (Wildman–Crippen MR) is 143 cm³/mol. The van der Waals surface area contributed by atoms with Gasteiger partial charge in [0.2, 0.25) is 0 Å². The molecule has 0 unspecified atom stereocenters. The van der Waals surface area contributed by atoms with Gasteiger partial charge in [-0.3, -0.25) is 9.59 Å². The Kier molecular flexibility index (Phi) is 8.37. The summed E-state index contributed by atoms with van der Waals surface area (Å²) >= 11 is 1.54. The summed E-state index contributed by atoms with van der Waals surface area (Å²) in [4.78, 5) is 30.0. The molecule has 0 bridgehead atoms. The first-order chi connectivity index (χ1) is 18.0. The molecule has 0 radical (unpaired) electrons. The Labute approximate surface area is 219 Å². The second-order valence-electron chi connectivity index (χ2n) is 8.20. The Bertz CT molecular complexity index is 1360. The van der Waals surface area contributed by atoms with Crippen molar-refractivity contribution in [3.8, 4) is 22.8 Å². The molecule has 0 saturated heterocycles. The van der Waals surface area contributed by atoms with Crippen LogP contribution in [-0.4, -0.2) is 42.7 Å². The summed E-state index contributed by atoms with van der Waals surface area (Å²) in [5.41, 5.74) is 4.17. The monoisotopic (exact) mass is 517 g/mol. The number of anilines is 1. The van der Waals surface area contributed by atoms with E-state index in [0.29, 0.717) is 24.4 Å². The Balaban J connectivity index is 1.59. The minimum Gasteiger partial charge on any atom is -0.497 e. The number of aliphatic carboxylic acids is 1. The third-order valence-corrected chi connectivity index (χ3v) is 6.55. The molecule has 0 aliphatic heterocycles. The largest absolute Gasteiger partial charge is 0.497 e. The zero-order valence-electron chi connectivity index (χ0n) is 20.5. The lowest BCUT2D eigenvalue weighted by atomic mass is 10.1. The molecule has 0 saturated carbocycles. The average molecular weight is 518 g/mol. The molecule has 1 heterocycles. The highest BCUT2D eigenvalue weighted by Crippen LogP contribution is 2.36. The topological polar surface area (TPSA) is 101 Å². The van der Waals surface area contributed by atoms with Crippen LogP contribution < -0.4 is 19.7 Å². The van der Waals surface area contributed by atoms with Crippen LogP contribution in [0.3, 0.4) is 0 Å². The van der Waals surface area contributed by atoms with Crippen molar-refractivity contribution in [2.24, 2.45) is 0 Å². The summed E-state index contributed by atoms with van der Waals surface area (Å²) in [5, 5.41) is 14.0. The second kappa shape index (κ2) is 12.0. The molecule has 37 heavy (non-hydrogen) atoms. The number of aromatic nitrogens is 1. The van der Waals surface area contributed by atoms with Gasteiger partial charge in [0, 0.05) is 29.6 Å². The maximum Gasteiger partial charge on any atom is 0.322 e. The number of carbonyl (C=O) groups excluding carboxylic acids is 1. The number of nitrogens with one attached hydrogen (secondary N) is 1. The maximum atomic E-state index is 12.2. The Morgan fingerprint density at radius 2 is 1.65 bits per heavy atom. The number of amides is 1. The normalized spacial score (nSPS) is 10.5. The molecule has 0 aliphatic rings. The van der Waals surface area contributed by atoms with Gasteiger partial charge < -0.3 is 24.8 Å². The molecule has 1 aromatic heterocycles. The first kappa shape index (κ1) is 25.7. The van der Waals surface area contributed by atoms with Crippen LogP contribution in [-0.2, 0) is 17.9 Å². The van der Waals surface area contributed by atoms with Crippen molar-refractivity contribution in [1.82, 2.24) is 10.3 Å². The Morgan fingerprint density at radius 3 is 2.30 bits per heavy atom. The predicted octanol–water partition coefficient (Wildman–Crippen LogP) is 4.85. The summed E-state index contributed by atoms with van der Waals surface area (Å²) in [6.07, 6.45) is 0. The van der Waals surface area contributed by atoms with Crippen LogP contribution in [0.15, 0.2) is 78.2 Å². The third-order valence-electron chi connectivity index (χ3n) is 5.65. The fraction of sp³-hybridized carbons (Fsp3) is 0.179. The van der Waals surface area contributed by atoms with Crippen molar-refractivity contribution in [2.75, 3.05) is 25.7 Å². The molecule has 0 atom stereocenters. The van der Waals surface area contributed by atoms with Crippen LogP contribution in [0.4, 0.5) is 5.13 Å². The fourth-order valence-corrected chi connectivity index (χ4v) is 4.61. The minimum atomic E-state index is -1.09. The molecular formula is C28H27N3O5S. The smallest absolute Gasteiger partial charge is 0.322 e. The highest BCUT2D eigenvalue weighted by molar-refractivity contribution is 7.14. The van der Waals surface area contributed by atoms with Gasteiger partial charge in [0.1, 0.15) is 18.0 Å². The van der Waals surface area contributed by atoms with E-state index in [2.05, 4.69) is 22.3 Å². The van der Waals surface area contributed by atoms with Crippen molar-refractivity contribution in [3.05, 3.63) is 94.9 Å². The van der Waals surface area contributed by atoms with Crippen molar-refractivity contribution in [3.63, 3.8) is 0 Å². The quantitative estimate of drug-likeness (QED) is 0.293. The van der Waals surface area contributed by atoms with E-state index in [1.54, 1.807) is 26.4 Å². The summed E-state index contributed by atoms with van der Waals surface area (Å²) < 4.78 is 10.9. The minimum absolute atomic E-state index is 0.404. The van der Waals surface area contributed by atoms with Crippen LogP contribution in [0.1, 0.15) is 21.5 Å². The second-order valence-corrected chi connectivity index (χ2v) is 9.03. The molecule has 4 aromatic rings. The van der Waals surface area contributed by atoms with Gasteiger partial charge in [0.05, 0.1) is 19.9 Å². The van der Waals surface area contributed by atoms with E-state index < -0.39 is 18.4 Å². The van der Waals surface area contributed by atoms with Crippen molar-refractivity contribution in [1.29, 1.82) is 0 Å². The highest BCUT2D eigenvalue weighted by Gasteiger charge is 2.17. The van der Waals surface area contributed by atoms with Crippen LogP contribution in [0, 0.1) is 0 Å². The summed E-state index contributed by atoms with van der Waals surface area (Å²) in [7, 11) is 3.26. The van der Waals surface area contributed by atoms with Gasteiger partial charge in [-0.2, -0.15) is 0 Å². The summed E-state index contributed by atoms with van der Waals surface area (Å²) in [6.45, 7) is 0.786. The zero-order chi connectivity index (χ0) is 26.2. The molecular weight excluding hydrogens is 490 g/mol. The number of carboxylic acids is 1. The van der Waals surface area contributed by atoms with Gasteiger partial charge in [-0.25, -0.2) is 4.98 Å². The molecule has 9 heteroatoms. The lowest BCUT2D eigenvalue weighted by Gasteiger charge is -2.22. The number of thiazole rings is 1. The van der Waals surface area contributed by atoms with Crippen molar-refractivity contribution >= 4 is 28.3 Å². The van der Waals surface area contributed by atoms with E-state index in [1.807, 2.05) is 53.9 Å². The van der Waals surface area contributed by atoms with Gasteiger partial charge in [-0.15, -0.1) is 11.3 Å². The van der Waals surface area contributed by atoms with Gasteiger partial charge in [0.25, 0.3) is 5.91 Å². The number of carboxylic acid groups (broad SMARTS) is 1. The Morgan fingerprint density at radius 1 is 0.946 bits per heavy atom. The highest BCUT2D eigenvalue weighted by atomic mass is 32.1. The van der Waals surface area contributed by atoms with E-state index in [0.717, 1.165) is 33.3 Å². The Hall–Kier alpha value is -4.37. The van der Waals surface area contributed by atoms with E-state index in [9.17, 15) is 9.59 Å². The van der Waals surface area contributed by atoms with Gasteiger partial charge >= 0.3 is 5.97 Å². The molecule has 4 rings (SSSR count). The standard InChI is InChI=1S/C28H27N3O5S/c1-35-22-12-13-25(36-2)23(14-22)24-18-37-28(30-24)31(16-19-6-4-3-5-7-19)17-20-8-10-21(11-9-20)27(34)29-15-26(32)33/h3-14,18H,15-17H2,1-2H3,(H,29,34)(H,32,33). The molecule has 0 aliphatic carbocycles. The van der Waals surface area contributed by atoms with Gasteiger partial charge in [-0.05, 0) is 41.5 Å².